The van der Waals surface area contributed by atoms with Crippen LogP contribution in [0, 0.1) is 11.6 Å². The van der Waals surface area contributed by atoms with E-state index in [4.69, 9.17) is 0 Å². The molecule has 0 unspecified atom stereocenters. The molecule has 2 amide bonds. The number of carbonyl (C=O) groups is 2. The standard InChI is InChI=1S/C21H17F5N4O2S/c1-30(9-18(31)27-16-5-3-2-4-13(16)21(24,25)26)10-19(32)29-20-28-17(11-33-20)12-6-7-14(22)15(23)8-12/h2-8,11H,9-10H2,1H3,(H,27,31)(H,28,29,32). The fourth-order valence-corrected chi connectivity index (χ4v) is 3.59. The van der Waals surface area contributed by atoms with E-state index in [0.717, 1.165) is 35.6 Å². The molecule has 0 aliphatic carbocycles. The van der Waals surface area contributed by atoms with E-state index in [1.807, 2.05) is 0 Å². The second-order valence-electron chi connectivity index (χ2n) is 6.98. The Hall–Kier alpha value is -3.38. The second kappa shape index (κ2) is 10.0. The van der Waals surface area contributed by atoms with Gasteiger partial charge in [0.2, 0.25) is 11.8 Å². The Morgan fingerprint density at radius 2 is 1.67 bits per heavy atom. The summed E-state index contributed by atoms with van der Waals surface area (Å²) in [6.45, 7) is -0.577. The summed E-state index contributed by atoms with van der Waals surface area (Å²) in [6, 6.07) is 7.88. The van der Waals surface area contributed by atoms with Crippen LogP contribution in [0.1, 0.15) is 5.56 Å². The van der Waals surface area contributed by atoms with Crippen molar-refractivity contribution in [3.8, 4) is 11.3 Å². The summed E-state index contributed by atoms with van der Waals surface area (Å²) in [6.07, 6.45) is -4.62. The van der Waals surface area contributed by atoms with Crippen molar-refractivity contribution in [2.45, 2.75) is 6.18 Å². The first-order valence-electron chi connectivity index (χ1n) is 9.38. The zero-order valence-electron chi connectivity index (χ0n) is 17.0. The maximum Gasteiger partial charge on any atom is 0.418 e. The lowest BCUT2D eigenvalue weighted by Crippen LogP contribution is -2.36. The second-order valence-corrected chi connectivity index (χ2v) is 7.84. The van der Waals surface area contributed by atoms with Gasteiger partial charge in [-0.2, -0.15) is 13.2 Å². The van der Waals surface area contributed by atoms with Crippen LogP contribution in [0.2, 0.25) is 0 Å². The highest BCUT2D eigenvalue weighted by Gasteiger charge is 2.33. The van der Waals surface area contributed by atoms with Gasteiger partial charge in [-0.15, -0.1) is 11.3 Å². The quantitative estimate of drug-likeness (QED) is 0.480. The monoisotopic (exact) mass is 484 g/mol. The smallest absolute Gasteiger partial charge is 0.324 e. The van der Waals surface area contributed by atoms with Crippen molar-refractivity contribution in [3.05, 3.63) is 65.0 Å². The molecule has 3 rings (SSSR count). The summed E-state index contributed by atoms with van der Waals surface area (Å²) in [7, 11) is 1.45. The summed E-state index contributed by atoms with van der Waals surface area (Å²) >= 11 is 1.07. The molecule has 2 aromatic carbocycles. The SMILES string of the molecule is CN(CC(=O)Nc1nc(-c2ccc(F)c(F)c2)cs1)CC(=O)Nc1ccccc1C(F)(F)F. The van der Waals surface area contributed by atoms with E-state index in [9.17, 15) is 31.5 Å². The van der Waals surface area contributed by atoms with Crippen molar-refractivity contribution in [1.29, 1.82) is 0 Å². The molecule has 2 N–H and O–H groups in total. The van der Waals surface area contributed by atoms with Gasteiger partial charge in [-0.25, -0.2) is 13.8 Å². The number of aromatic nitrogens is 1. The number of carbonyl (C=O) groups excluding carboxylic acids is 2. The molecule has 0 aliphatic heterocycles. The number of halogens is 5. The lowest BCUT2D eigenvalue weighted by atomic mass is 10.1. The Morgan fingerprint density at radius 3 is 2.33 bits per heavy atom. The zero-order chi connectivity index (χ0) is 24.2. The number of hydrogen-bond donors (Lipinski definition) is 2. The van der Waals surface area contributed by atoms with Crippen LogP contribution in [0.3, 0.4) is 0 Å². The first-order valence-corrected chi connectivity index (χ1v) is 10.3. The fourth-order valence-electron chi connectivity index (χ4n) is 2.85. The summed E-state index contributed by atoms with van der Waals surface area (Å²) < 4.78 is 65.5. The summed E-state index contributed by atoms with van der Waals surface area (Å²) in [5.74, 6) is -3.26. The molecule has 0 bridgehead atoms. The lowest BCUT2D eigenvalue weighted by molar-refractivity contribution is -0.137. The van der Waals surface area contributed by atoms with Gasteiger partial charge in [-0.1, -0.05) is 12.1 Å². The van der Waals surface area contributed by atoms with E-state index in [1.54, 1.807) is 5.38 Å². The molecule has 1 aromatic heterocycles. The number of likely N-dealkylation sites (N-methyl/N-ethyl adjacent to an activating group) is 1. The van der Waals surface area contributed by atoms with Gasteiger partial charge in [-0.3, -0.25) is 14.5 Å². The Morgan fingerprint density at radius 1 is 1.00 bits per heavy atom. The molecule has 0 aliphatic rings. The van der Waals surface area contributed by atoms with Gasteiger partial charge >= 0.3 is 6.18 Å². The molecule has 0 spiro atoms. The van der Waals surface area contributed by atoms with Gasteiger partial charge in [0.25, 0.3) is 0 Å². The Balaban J connectivity index is 1.54. The molecule has 0 radical (unpaired) electrons. The average Bonchev–Trinajstić information content (AvgIpc) is 3.17. The van der Waals surface area contributed by atoms with Gasteiger partial charge in [0, 0.05) is 10.9 Å². The zero-order valence-corrected chi connectivity index (χ0v) is 17.9. The molecular formula is C21H17F5N4O2S. The van der Waals surface area contributed by atoms with E-state index >= 15 is 0 Å². The van der Waals surface area contributed by atoms with E-state index in [0.29, 0.717) is 11.3 Å². The highest BCUT2D eigenvalue weighted by atomic mass is 32.1. The predicted molar refractivity (Wildman–Crippen MR) is 114 cm³/mol. The number of alkyl halides is 3. The number of para-hydroxylation sites is 1. The molecule has 6 nitrogen and oxygen atoms in total. The third kappa shape index (κ3) is 6.56. The first-order chi connectivity index (χ1) is 15.5. The number of thiazole rings is 1. The molecule has 12 heteroatoms. The minimum Gasteiger partial charge on any atom is -0.324 e. The minimum absolute atomic E-state index is 0.205. The topological polar surface area (TPSA) is 74.3 Å². The van der Waals surface area contributed by atoms with Crippen molar-refractivity contribution in [2.24, 2.45) is 0 Å². The van der Waals surface area contributed by atoms with Crippen molar-refractivity contribution >= 4 is 34.0 Å². The third-order valence-corrected chi connectivity index (χ3v) is 5.06. The molecule has 33 heavy (non-hydrogen) atoms. The summed E-state index contributed by atoms with van der Waals surface area (Å²) in [4.78, 5) is 29.8. The van der Waals surface area contributed by atoms with Crippen LogP contribution in [-0.4, -0.2) is 41.8 Å². The number of rotatable bonds is 7. The Labute approximate surface area is 189 Å². The largest absolute Gasteiger partial charge is 0.418 e. The minimum atomic E-state index is -4.62. The van der Waals surface area contributed by atoms with E-state index in [2.05, 4.69) is 15.6 Å². The van der Waals surface area contributed by atoms with Crippen LogP contribution in [0.25, 0.3) is 11.3 Å². The highest BCUT2D eigenvalue weighted by molar-refractivity contribution is 7.14. The Bertz CT molecular complexity index is 1170. The van der Waals surface area contributed by atoms with Crippen molar-refractivity contribution < 1.29 is 31.5 Å². The maximum absolute atomic E-state index is 13.4. The van der Waals surface area contributed by atoms with Gasteiger partial charge in [0.1, 0.15) is 0 Å². The van der Waals surface area contributed by atoms with E-state index in [-0.39, 0.29) is 23.9 Å². The van der Waals surface area contributed by atoms with Gasteiger partial charge in [0.05, 0.1) is 30.0 Å². The number of nitrogens with one attached hydrogen (secondary N) is 2. The van der Waals surface area contributed by atoms with Crippen LogP contribution < -0.4 is 10.6 Å². The first kappa shape index (κ1) is 24.3. The molecular weight excluding hydrogens is 467 g/mol. The number of nitrogens with zero attached hydrogens (tertiary/aromatic N) is 2. The van der Waals surface area contributed by atoms with E-state index < -0.39 is 35.2 Å². The van der Waals surface area contributed by atoms with E-state index in [1.165, 1.54) is 30.1 Å². The van der Waals surface area contributed by atoms with Crippen LogP contribution in [0.4, 0.5) is 32.8 Å². The number of hydrogen-bond acceptors (Lipinski definition) is 5. The lowest BCUT2D eigenvalue weighted by Gasteiger charge is -2.17. The number of benzene rings is 2. The molecule has 3 aromatic rings. The molecule has 174 valence electrons. The van der Waals surface area contributed by atoms with Crippen molar-refractivity contribution in [2.75, 3.05) is 30.8 Å². The van der Waals surface area contributed by atoms with Gasteiger partial charge in [0.15, 0.2) is 16.8 Å². The van der Waals surface area contributed by atoms with Crippen LogP contribution >= 0.6 is 11.3 Å². The number of amides is 2. The molecule has 0 saturated heterocycles. The van der Waals surface area contributed by atoms with Crippen LogP contribution in [0.5, 0.6) is 0 Å². The number of anilines is 2. The normalized spacial score (nSPS) is 11.5. The molecule has 1 heterocycles. The molecule has 0 fully saturated rings. The predicted octanol–water partition coefficient (Wildman–Crippen LogP) is 4.62. The molecule has 0 saturated carbocycles. The van der Waals surface area contributed by atoms with Gasteiger partial charge in [-0.05, 0) is 37.4 Å². The summed E-state index contributed by atoms with van der Waals surface area (Å²) in [5.41, 5.74) is -0.677. The average molecular weight is 484 g/mol. The van der Waals surface area contributed by atoms with Gasteiger partial charge < -0.3 is 10.6 Å². The molecule has 0 atom stereocenters. The van der Waals surface area contributed by atoms with Crippen LogP contribution in [0.15, 0.2) is 47.8 Å². The highest BCUT2D eigenvalue weighted by Crippen LogP contribution is 2.34. The van der Waals surface area contributed by atoms with Crippen molar-refractivity contribution in [3.63, 3.8) is 0 Å². The Kier molecular flexibility index (Phi) is 7.39. The van der Waals surface area contributed by atoms with Crippen molar-refractivity contribution in [1.82, 2.24) is 9.88 Å². The summed E-state index contributed by atoms with van der Waals surface area (Å²) in [5, 5.41) is 6.48. The van der Waals surface area contributed by atoms with Crippen LogP contribution in [-0.2, 0) is 15.8 Å². The fraction of sp³-hybridized carbons (Fsp3) is 0.190. The maximum atomic E-state index is 13.4. The third-order valence-electron chi connectivity index (χ3n) is 4.30.